The van der Waals surface area contributed by atoms with E-state index in [0.29, 0.717) is 13.2 Å². The van der Waals surface area contributed by atoms with Crippen molar-refractivity contribution < 1.29 is 9.47 Å². The Morgan fingerprint density at radius 3 is 2.45 bits per heavy atom. The summed E-state index contributed by atoms with van der Waals surface area (Å²) in [5.74, 6) is 1.57. The minimum Gasteiger partial charge on any atom is -0.490 e. The zero-order valence-electron chi connectivity index (χ0n) is 12.1. The Labute approximate surface area is 120 Å². The van der Waals surface area contributed by atoms with Gasteiger partial charge in [0.15, 0.2) is 11.5 Å². The molecule has 2 rings (SSSR count). The van der Waals surface area contributed by atoms with Crippen molar-refractivity contribution >= 4 is 0 Å². The van der Waals surface area contributed by atoms with Crippen molar-refractivity contribution in [1.29, 1.82) is 0 Å². The van der Waals surface area contributed by atoms with E-state index in [4.69, 9.17) is 15.2 Å². The molecular weight excluding hydrogens is 252 g/mol. The van der Waals surface area contributed by atoms with Gasteiger partial charge in [-0.25, -0.2) is 0 Å². The van der Waals surface area contributed by atoms with E-state index in [1.165, 1.54) is 0 Å². The lowest BCUT2D eigenvalue weighted by atomic mass is 10.2. The van der Waals surface area contributed by atoms with Crippen molar-refractivity contribution in [3.8, 4) is 11.5 Å². The summed E-state index contributed by atoms with van der Waals surface area (Å²) >= 11 is 0. The predicted octanol–water partition coefficient (Wildman–Crippen LogP) is 2.99. The highest BCUT2D eigenvalue weighted by molar-refractivity contribution is 5.39. The normalized spacial score (nSPS) is 12.2. The van der Waals surface area contributed by atoms with Crippen LogP contribution in [-0.4, -0.2) is 17.8 Å². The number of nitrogens with zero attached hydrogens (tertiary/aromatic N) is 1. The number of ether oxygens (including phenoxy) is 2. The number of rotatable bonds is 7. The van der Waals surface area contributed by atoms with Crippen molar-refractivity contribution in [2.45, 2.75) is 26.4 Å². The fourth-order valence-corrected chi connectivity index (χ4v) is 2.14. The molecule has 1 heterocycles. The quantitative estimate of drug-likeness (QED) is 0.844. The van der Waals surface area contributed by atoms with Gasteiger partial charge in [0.25, 0.3) is 0 Å². The first-order valence-corrected chi connectivity index (χ1v) is 6.97. The molecule has 2 aromatic rings. The second-order valence-corrected chi connectivity index (χ2v) is 4.64. The maximum absolute atomic E-state index is 5.92. The van der Waals surface area contributed by atoms with Crippen molar-refractivity contribution in [1.82, 2.24) is 4.57 Å². The molecule has 0 fully saturated rings. The molecule has 0 aliphatic carbocycles. The minimum absolute atomic E-state index is 0.0284. The third-order valence-electron chi connectivity index (χ3n) is 3.07. The number of benzene rings is 1. The third kappa shape index (κ3) is 3.54. The van der Waals surface area contributed by atoms with Crippen LogP contribution >= 0.6 is 0 Å². The van der Waals surface area contributed by atoms with E-state index in [9.17, 15) is 0 Å². The van der Waals surface area contributed by atoms with Crippen LogP contribution in [0.2, 0.25) is 0 Å². The molecule has 1 atom stereocenters. The van der Waals surface area contributed by atoms with Gasteiger partial charge in [0.1, 0.15) is 6.61 Å². The largest absolute Gasteiger partial charge is 0.490 e. The summed E-state index contributed by atoms with van der Waals surface area (Å²) in [6.45, 7) is 5.93. The Hall–Kier alpha value is -1.94. The number of hydrogen-bond acceptors (Lipinski definition) is 3. The maximum Gasteiger partial charge on any atom is 0.161 e. The highest BCUT2D eigenvalue weighted by atomic mass is 16.5. The average Bonchev–Trinajstić information content (AvgIpc) is 2.90. The first kappa shape index (κ1) is 14.5. The van der Waals surface area contributed by atoms with Crippen LogP contribution in [-0.2, 0) is 6.54 Å². The Balaban J connectivity index is 1.94. The molecule has 0 radical (unpaired) electrons. The molecular formula is C16H22N2O2. The molecule has 0 saturated carbocycles. The van der Waals surface area contributed by atoms with Crippen LogP contribution in [0.5, 0.6) is 11.5 Å². The smallest absolute Gasteiger partial charge is 0.161 e. The summed E-state index contributed by atoms with van der Waals surface area (Å²) in [4.78, 5) is 0. The fraction of sp³-hybridized carbons (Fsp3) is 0.375. The lowest BCUT2D eigenvalue weighted by Gasteiger charge is -2.14. The van der Waals surface area contributed by atoms with Gasteiger partial charge in [-0.1, -0.05) is 12.1 Å². The number of para-hydroxylation sites is 2. The van der Waals surface area contributed by atoms with Crippen LogP contribution in [0.4, 0.5) is 0 Å². The van der Waals surface area contributed by atoms with Crippen molar-refractivity contribution in [2.24, 2.45) is 5.73 Å². The molecule has 1 aromatic carbocycles. The van der Waals surface area contributed by atoms with Gasteiger partial charge in [-0.15, -0.1) is 0 Å². The molecule has 0 amide bonds. The van der Waals surface area contributed by atoms with Crippen LogP contribution in [0.1, 0.15) is 25.6 Å². The van der Waals surface area contributed by atoms with Crippen LogP contribution in [0, 0.1) is 0 Å². The monoisotopic (exact) mass is 274 g/mol. The van der Waals surface area contributed by atoms with Gasteiger partial charge in [-0.05, 0) is 38.1 Å². The lowest BCUT2D eigenvalue weighted by Crippen LogP contribution is -2.15. The molecule has 4 heteroatoms. The van der Waals surface area contributed by atoms with Crippen LogP contribution in [0.15, 0.2) is 42.6 Å². The maximum atomic E-state index is 5.92. The summed E-state index contributed by atoms with van der Waals surface area (Å²) < 4.78 is 13.5. The van der Waals surface area contributed by atoms with E-state index in [-0.39, 0.29) is 6.04 Å². The summed E-state index contributed by atoms with van der Waals surface area (Å²) in [5, 5.41) is 0. The summed E-state index contributed by atoms with van der Waals surface area (Å²) in [6, 6.07) is 11.8. The second-order valence-electron chi connectivity index (χ2n) is 4.64. The van der Waals surface area contributed by atoms with Gasteiger partial charge in [0.05, 0.1) is 13.2 Å². The van der Waals surface area contributed by atoms with E-state index < -0.39 is 0 Å². The molecule has 0 aliphatic heterocycles. The van der Waals surface area contributed by atoms with Gasteiger partial charge in [-0.3, -0.25) is 0 Å². The van der Waals surface area contributed by atoms with Crippen LogP contribution in [0.3, 0.4) is 0 Å². The van der Waals surface area contributed by atoms with Gasteiger partial charge < -0.3 is 19.8 Å². The molecule has 1 aromatic heterocycles. The highest BCUT2D eigenvalue weighted by Gasteiger charge is 2.06. The first-order valence-electron chi connectivity index (χ1n) is 6.97. The van der Waals surface area contributed by atoms with Gasteiger partial charge in [0, 0.05) is 17.9 Å². The molecule has 4 nitrogen and oxygen atoms in total. The SMILES string of the molecule is CCOc1ccccc1OCCn1cccc1C(C)N. The molecule has 0 aliphatic rings. The van der Waals surface area contributed by atoms with Crippen LogP contribution in [0.25, 0.3) is 0 Å². The molecule has 0 bridgehead atoms. The van der Waals surface area contributed by atoms with Crippen molar-refractivity contribution in [3.63, 3.8) is 0 Å². The number of nitrogens with two attached hydrogens (primary N) is 1. The molecule has 108 valence electrons. The molecule has 1 unspecified atom stereocenters. The van der Waals surface area contributed by atoms with Gasteiger partial charge in [0.2, 0.25) is 0 Å². The van der Waals surface area contributed by atoms with Gasteiger partial charge >= 0.3 is 0 Å². The Morgan fingerprint density at radius 1 is 1.10 bits per heavy atom. The third-order valence-corrected chi connectivity index (χ3v) is 3.07. The minimum atomic E-state index is 0.0284. The molecule has 2 N–H and O–H groups in total. The predicted molar refractivity (Wildman–Crippen MR) is 80.1 cm³/mol. The van der Waals surface area contributed by atoms with E-state index in [1.807, 2.05) is 56.4 Å². The Morgan fingerprint density at radius 2 is 1.80 bits per heavy atom. The highest BCUT2D eigenvalue weighted by Crippen LogP contribution is 2.26. The van der Waals surface area contributed by atoms with E-state index in [0.717, 1.165) is 23.7 Å². The second kappa shape index (κ2) is 7.01. The molecule has 0 spiro atoms. The first-order chi connectivity index (χ1) is 9.72. The topological polar surface area (TPSA) is 49.4 Å². The summed E-state index contributed by atoms with van der Waals surface area (Å²) in [5.41, 5.74) is 7.04. The van der Waals surface area contributed by atoms with Crippen molar-refractivity contribution in [3.05, 3.63) is 48.3 Å². The van der Waals surface area contributed by atoms with Crippen LogP contribution < -0.4 is 15.2 Å². The zero-order chi connectivity index (χ0) is 14.4. The molecule has 20 heavy (non-hydrogen) atoms. The lowest BCUT2D eigenvalue weighted by molar-refractivity contribution is 0.265. The van der Waals surface area contributed by atoms with Gasteiger partial charge in [-0.2, -0.15) is 0 Å². The Kier molecular flexibility index (Phi) is 5.07. The Bertz CT molecular complexity index is 535. The standard InChI is InChI=1S/C16H22N2O2/c1-3-19-15-8-4-5-9-16(15)20-12-11-18-10-6-7-14(18)13(2)17/h4-10,13H,3,11-12,17H2,1-2H3. The average molecular weight is 274 g/mol. The summed E-state index contributed by atoms with van der Waals surface area (Å²) in [7, 11) is 0. The number of hydrogen-bond donors (Lipinski definition) is 1. The summed E-state index contributed by atoms with van der Waals surface area (Å²) in [6.07, 6.45) is 2.02. The fourth-order valence-electron chi connectivity index (χ4n) is 2.14. The number of aromatic nitrogens is 1. The van der Waals surface area contributed by atoms with E-state index in [1.54, 1.807) is 0 Å². The molecule has 0 saturated heterocycles. The van der Waals surface area contributed by atoms with E-state index >= 15 is 0 Å². The zero-order valence-corrected chi connectivity index (χ0v) is 12.1. The van der Waals surface area contributed by atoms with E-state index in [2.05, 4.69) is 4.57 Å². The van der Waals surface area contributed by atoms with Crippen molar-refractivity contribution in [2.75, 3.05) is 13.2 Å².